The van der Waals surface area contributed by atoms with E-state index >= 15 is 0 Å². The molecule has 3 rings (SSSR count). The number of allylic oxidation sites excluding steroid dienone is 1. The van der Waals surface area contributed by atoms with Gasteiger partial charge in [-0.25, -0.2) is 4.79 Å². The molecule has 1 fully saturated rings. The van der Waals surface area contributed by atoms with Crippen LogP contribution < -0.4 is 0 Å². The Balaban J connectivity index is 1.75. The number of esters is 1. The number of carbonyl (C=O) groups excluding carboxylic acids is 1. The van der Waals surface area contributed by atoms with Gasteiger partial charge in [-0.05, 0) is 18.4 Å². The lowest BCUT2D eigenvalue weighted by Crippen LogP contribution is -2.16. The lowest BCUT2D eigenvalue weighted by Gasteiger charge is -2.21. The molecule has 94 valence electrons. The Hall–Kier alpha value is -1.77. The fourth-order valence-electron chi connectivity index (χ4n) is 2.18. The second-order valence-corrected chi connectivity index (χ2v) is 4.79. The maximum atomic E-state index is 11.8. The van der Waals surface area contributed by atoms with E-state index in [1.54, 1.807) is 0 Å². The summed E-state index contributed by atoms with van der Waals surface area (Å²) in [5.41, 5.74) is 1.03. The molecule has 18 heavy (non-hydrogen) atoms. The van der Waals surface area contributed by atoms with E-state index in [1.165, 1.54) is 6.08 Å². The molecule has 1 aromatic carbocycles. The van der Waals surface area contributed by atoms with Crippen molar-refractivity contribution in [1.82, 2.24) is 0 Å². The first-order valence-corrected chi connectivity index (χ1v) is 6.43. The van der Waals surface area contributed by atoms with Gasteiger partial charge in [-0.2, -0.15) is 0 Å². The fourth-order valence-corrected chi connectivity index (χ4v) is 2.18. The minimum absolute atomic E-state index is 0.198. The van der Waals surface area contributed by atoms with Crippen molar-refractivity contribution < 1.29 is 14.3 Å². The monoisotopic (exact) mass is 244 g/mol. The Kier molecular flexibility index (Phi) is 3.05. The maximum absolute atomic E-state index is 11.8. The molecule has 0 N–H and O–H groups in total. The summed E-state index contributed by atoms with van der Waals surface area (Å²) in [4.78, 5) is 11.8. The number of benzene rings is 1. The van der Waals surface area contributed by atoms with Gasteiger partial charge in [0, 0.05) is 12.3 Å². The molecule has 1 aliphatic carbocycles. The molecule has 0 spiro atoms. The summed E-state index contributed by atoms with van der Waals surface area (Å²) in [6.07, 6.45) is 4.28. The first-order chi connectivity index (χ1) is 8.83. The molecule has 1 aromatic rings. The summed E-state index contributed by atoms with van der Waals surface area (Å²) < 4.78 is 11.2. The molecular formula is C15H16O3. The fraction of sp³-hybridized carbons (Fsp3) is 0.400. The quantitative estimate of drug-likeness (QED) is 0.750. The largest absolute Gasteiger partial charge is 0.497 e. The minimum atomic E-state index is -0.287. The zero-order chi connectivity index (χ0) is 12.4. The minimum Gasteiger partial charge on any atom is -0.497 e. The van der Waals surface area contributed by atoms with Crippen molar-refractivity contribution in [3.8, 4) is 0 Å². The molecule has 1 unspecified atom stereocenters. The van der Waals surface area contributed by atoms with Gasteiger partial charge in [0.25, 0.3) is 0 Å². The zero-order valence-electron chi connectivity index (χ0n) is 10.2. The van der Waals surface area contributed by atoms with E-state index in [0.29, 0.717) is 18.9 Å². The van der Waals surface area contributed by atoms with Crippen LogP contribution in [0.2, 0.25) is 0 Å². The van der Waals surface area contributed by atoms with Gasteiger partial charge in [-0.1, -0.05) is 30.3 Å². The van der Waals surface area contributed by atoms with Crippen LogP contribution in [-0.4, -0.2) is 12.6 Å². The van der Waals surface area contributed by atoms with E-state index in [4.69, 9.17) is 9.47 Å². The van der Waals surface area contributed by atoms with E-state index in [-0.39, 0.29) is 12.1 Å². The number of hydrogen-bond donors (Lipinski definition) is 0. The molecule has 3 nitrogen and oxygen atoms in total. The van der Waals surface area contributed by atoms with Gasteiger partial charge in [0.1, 0.15) is 11.9 Å². The van der Waals surface area contributed by atoms with Crippen LogP contribution in [0.25, 0.3) is 0 Å². The smallest absolute Gasteiger partial charge is 0.334 e. The lowest BCUT2D eigenvalue weighted by molar-refractivity contribution is -0.145. The molecule has 0 amide bonds. The van der Waals surface area contributed by atoms with E-state index < -0.39 is 0 Å². The first-order valence-electron chi connectivity index (χ1n) is 6.43. The van der Waals surface area contributed by atoms with Crippen molar-refractivity contribution in [1.29, 1.82) is 0 Å². The Morgan fingerprint density at radius 3 is 2.56 bits per heavy atom. The van der Waals surface area contributed by atoms with Crippen LogP contribution in [0.3, 0.4) is 0 Å². The number of cyclic esters (lactones) is 1. The number of rotatable bonds is 2. The van der Waals surface area contributed by atoms with Crippen molar-refractivity contribution in [2.75, 3.05) is 6.61 Å². The van der Waals surface area contributed by atoms with Gasteiger partial charge < -0.3 is 9.47 Å². The van der Waals surface area contributed by atoms with Crippen molar-refractivity contribution in [3.05, 3.63) is 47.7 Å². The third-order valence-electron chi connectivity index (χ3n) is 3.32. The Morgan fingerprint density at radius 1 is 1.06 bits per heavy atom. The summed E-state index contributed by atoms with van der Waals surface area (Å²) in [5.74, 6) is 0.975. The highest BCUT2D eigenvalue weighted by atomic mass is 16.5. The first kappa shape index (κ1) is 11.3. The third-order valence-corrected chi connectivity index (χ3v) is 3.32. The third kappa shape index (κ3) is 2.55. The van der Waals surface area contributed by atoms with E-state index in [9.17, 15) is 4.79 Å². The molecule has 1 heterocycles. The molecule has 1 atom stereocenters. The van der Waals surface area contributed by atoms with Gasteiger partial charge in [0.15, 0.2) is 0 Å². The van der Waals surface area contributed by atoms with Gasteiger partial charge >= 0.3 is 5.97 Å². The average Bonchev–Trinajstić information content (AvgIpc) is 3.18. The van der Waals surface area contributed by atoms with Crippen LogP contribution in [0.5, 0.6) is 0 Å². The Morgan fingerprint density at radius 2 is 1.83 bits per heavy atom. The van der Waals surface area contributed by atoms with Crippen molar-refractivity contribution in [2.45, 2.75) is 25.4 Å². The summed E-state index contributed by atoms with van der Waals surface area (Å²) >= 11 is 0. The summed E-state index contributed by atoms with van der Waals surface area (Å²) in [7, 11) is 0. The van der Waals surface area contributed by atoms with Crippen molar-refractivity contribution in [3.63, 3.8) is 0 Å². The molecule has 3 heteroatoms. The van der Waals surface area contributed by atoms with E-state index in [0.717, 1.165) is 24.2 Å². The topological polar surface area (TPSA) is 35.5 Å². The highest BCUT2D eigenvalue weighted by molar-refractivity contribution is 5.83. The molecule has 1 saturated carbocycles. The second kappa shape index (κ2) is 4.84. The van der Waals surface area contributed by atoms with Gasteiger partial charge in [-0.3, -0.25) is 0 Å². The number of ether oxygens (including phenoxy) is 2. The molecule has 1 aliphatic heterocycles. The lowest BCUT2D eigenvalue weighted by atomic mass is 10.1. The molecule has 0 radical (unpaired) electrons. The van der Waals surface area contributed by atoms with Gasteiger partial charge in [0.05, 0.1) is 12.7 Å². The summed E-state index contributed by atoms with van der Waals surface area (Å²) in [6.45, 7) is 0.606. The normalized spacial score (nSPS) is 27.2. The number of hydrogen-bond acceptors (Lipinski definition) is 3. The van der Waals surface area contributed by atoms with Crippen LogP contribution in [0, 0.1) is 5.92 Å². The molecular weight excluding hydrogens is 228 g/mol. The average molecular weight is 244 g/mol. The maximum Gasteiger partial charge on any atom is 0.334 e. The molecule has 0 bridgehead atoms. The summed E-state index contributed by atoms with van der Waals surface area (Å²) in [6, 6.07) is 9.81. The Labute approximate surface area is 106 Å². The summed E-state index contributed by atoms with van der Waals surface area (Å²) in [5, 5.41) is 0. The van der Waals surface area contributed by atoms with Crippen LogP contribution in [0.15, 0.2) is 42.2 Å². The van der Waals surface area contributed by atoms with Crippen molar-refractivity contribution >= 4 is 5.97 Å². The van der Waals surface area contributed by atoms with E-state index in [2.05, 4.69) is 0 Å². The Bertz CT molecular complexity index is 460. The van der Waals surface area contributed by atoms with Crippen molar-refractivity contribution in [2.24, 2.45) is 5.92 Å². The predicted octanol–water partition coefficient (Wildman–Crippen LogP) is 2.99. The highest BCUT2D eigenvalue weighted by Crippen LogP contribution is 2.38. The molecule has 0 saturated heterocycles. The van der Waals surface area contributed by atoms with E-state index in [1.807, 2.05) is 30.3 Å². The van der Waals surface area contributed by atoms with Gasteiger partial charge in [-0.15, -0.1) is 0 Å². The van der Waals surface area contributed by atoms with Crippen LogP contribution in [-0.2, 0) is 14.3 Å². The van der Waals surface area contributed by atoms with Crippen LogP contribution in [0.1, 0.15) is 30.9 Å². The molecule has 0 aromatic heterocycles. The standard InChI is InChI=1S/C15H16O3/c16-15-10-14(12-6-7-12)17-9-8-13(18-15)11-4-2-1-3-5-11/h1-5,10,12-13H,6-9H2/b14-10-. The number of carbonyl (C=O) groups is 1. The van der Waals surface area contributed by atoms with Gasteiger partial charge in [0.2, 0.25) is 0 Å². The highest BCUT2D eigenvalue weighted by Gasteiger charge is 2.30. The van der Waals surface area contributed by atoms with Crippen LogP contribution >= 0.6 is 0 Å². The second-order valence-electron chi connectivity index (χ2n) is 4.79. The molecule has 2 aliphatic rings. The zero-order valence-corrected chi connectivity index (χ0v) is 10.2. The predicted molar refractivity (Wildman–Crippen MR) is 66.7 cm³/mol. The van der Waals surface area contributed by atoms with Crippen LogP contribution in [0.4, 0.5) is 0 Å². The SMILES string of the molecule is O=C1/C=C(/C2CC2)OCCC(c2ccccc2)O1.